The lowest BCUT2D eigenvalue weighted by Gasteiger charge is -1.98. The van der Waals surface area contributed by atoms with Gasteiger partial charge in [-0.15, -0.1) is 11.3 Å². The topological polar surface area (TPSA) is 77.8 Å². The van der Waals surface area contributed by atoms with Crippen molar-refractivity contribution in [1.82, 2.24) is 15.1 Å². The van der Waals surface area contributed by atoms with Crippen LogP contribution >= 0.6 is 23.1 Å². The van der Waals surface area contributed by atoms with E-state index in [1.54, 1.807) is 0 Å². The molecule has 2 aromatic heterocycles. The van der Waals surface area contributed by atoms with Crippen molar-refractivity contribution in [3.8, 4) is 0 Å². The van der Waals surface area contributed by atoms with E-state index in [4.69, 9.17) is 10.3 Å². The Balaban J connectivity index is 1.71. The summed E-state index contributed by atoms with van der Waals surface area (Å²) in [7, 11) is 0. The van der Waals surface area contributed by atoms with Gasteiger partial charge in [-0.25, -0.2) is 4.98 Å². The van der Waals surface area contributed by atoms with E-state index in [-0.39, 0.29) is 0 Å². The number of thioether (sulfide) groups is 1. The summed E-state index contributed by atoms with van der Waals surface area (Å²) >= 11 is 3.33. The molecule has 0 aliphatic carbocycles. The molecule has 3 heterocycles. The van der Waals surface area contributed by atoms with Crippen LogP contribution in [-0.2, 0) is 6.42 Å². The maximum absolute atomic E-state index is 5.57. The molecule has 17 heavy (non-hydrogen) atoms. The van der Waals surface area contributed by atoms with Crippen molar-refractivity contribution >= 4 is 28.2 Å². The number of thiazole rings is 1. The molecule has 1 atom stereocenters. The fourth-order valence-corrected chi connectivity index (χ4v) is 3.57. The maximum Gasteiger partial charge on any atom is 0.232 e. The number of nitrogens with two attached hydrogens (primary N) is 1. The second kappa shape index (κ2) is 4.66. The van der Waals surface area contributed by atoms with Gasteiger partial charge in [0.2, 0.25) is 5.89 Å². The Labute approximate surface area is 107 Å². The number of hydrogen-bond donors (Lipinski definition) is 1. The molecule has 1 unspecified atom stereocenters. The Morgan fingerprint density at radius 2 is 2.41 bits per heavy atom. The molecule has 1 fully saturated rings. The van der Waals surface area contributed by atoms with Gasteiger partial charge in [0.25, 0.3) is 0 Å². The largest absolute Gasteiger partial charge is 0.375 e. The number of hydrogen-bond acceptors (Lipinski definition) is 7. The van der Waals surface area contributed by atoms with Crippen molar-refractivity contribution in [2.24, 2.45) is 0 Å². The average Bonchev–Trinajstić information content (AvgIpc) is 3.00. The summed E-state index contributed by atoms with van der Waals surface area (Å²) in [6.07, 6.45) is 2.95. The lowest BCUT2D eigenvalue weighted by atomic mass is 10.2. The molecule has 1 saturated heterocycles. The predicted molar refractivity (Wildman–Crippen MR) is 68.1 cm³/mol. The summed E-state index contributed by atoms with van der Waals surface area (Å²) < 4.78 is 5.24. The lowest BCUT2D eigenvalue weighted by molar-refractivity contribution is 0.378. The molecule has 2 aromatic rings. The zero-order valence-corrected chi connectivity index (χ0v) is 10.8. The first-order valence-electron chi connectivity index (χ1n) is 5.45. The minimum Gasteiger partial charge on any atom is -0.375 e. The van der Waals surface area contributed by atoms with Gasteiger partial charge in [-0.3, -0.25) is 0 Å². The third kappa shape index (κ3) is 2.44. The third-order valence-electron chi connectivity index (χ3n) is 2.60. The summed E-state index contributed by atoms with van der Waals surface area (Å²) in [5.41, 5.74) is 6.46. The summed E-state index contributed by atoms with van der Waals surface area (Å²) in [4.78, 5) is 8.60. The van der Waals surface area contributed by atoms with Gasteiger partial charge in [0, 0.05) is 5.38 Å². The molecule has 0 aromatic carbocycles. The molecule has 7 heteroatoms. The maximum atomic E-state index is 5.57. The summed E-state index contributed by atoms with van der Waals surface area (Å²) in [6.45, 7) is 0. The van der Waals surface area contributed by atoms with Crippen molar-refractivity contribution in [2.45, 2.75) is 24.5 Å². The second-order valence-electron chi connectivity index (χ2n) is 3.90. The van der Waals surface area contributed by atoms with Crippen LogP contribution in [0.5, 0.6) is 0 Å². The van der Waals surface area contributed by atoms with Gasteiger partial charge < -0.3 is 10.3 Å². The number of nitrogens with zero attached hydrogens (tertiary/aromatic N) is 3. The summed E-state index contributed by atoms with van der Waals surface area (Å²) in [6, 6.07) is 0. The minimum atomic E-state index is 0.410. The van der Waals surface area contributed by atoms with Gasteiger partial charge in [-0.05, 0) is 18.6 Å². The number of rotatable bonds is 3. The quantitative estimate of drug-likeness (QED) is 0.920. The Kier molecular flexibility index (Phi) is 3.02. The molecule has 0 saturated carbocycles. The first-order valence-corrected chi connectivity index (χ1v) is 7.38. The Morgan fingerprint density at radius 3 is 3.12 bits per heavy atom. The van der Waals surface area contributed by atoms with Crippen LogP contribution < -0.4 is 5.73 Å². The van der Waals surface area contributed by atoms with Crippen molar-refractivity contribution in [1.29, 1.82) is 0 Å². The van der Waals surface area contributed by atoms with Crippen LogP contribution in [0.4, 0.5) is 5.13 Å². The molecule has 1 aliphatic heterocycles. The minimum absolute atomic E-state index is 0.410. The van der Waals surface area contributed by atoms with Gasteiger partial charge in [0.1, 0.15) is 0 Å². The van der Waals surface area contributed by atoms with E-state index >= 15 is 0 Å². The van der Waals surface area contributed by atoms with E-state index in [0.29, 0.717) is 22.7 Å². The predicted octanol–water partition coefficient (Wildman–Crippen LogP) is 2.27. The van der Waals surface area contributed by atoms with Crippen LogP contribution in [-0.4, -0.2) is 20.9 Å². The Bertz CT molecular complexity index is 504. The number of nitrogen functional groups attached to an aromatic ring is 1. The fourth-order valence-electron chi connectivity index (χ4n) is 1.81. The van der Waals surface area contributed by atoms with Gasteiger partial charge >= 0.3 is 0 Å². The molecule has 1 aliphatic rings. The van der Waals surface area contributed by atoms with Gasteiger partial charge in [-0.1, -0.05) is 5.16 Å². The van der Waals surface area contributed by atoms with E-state index in [2.05, 4.69) is 15.1 Å². The highest BCUT2D eigenvalue weighted by Crippen LogP contribution is 2.38. The average molecular weight is 268 g/mol. The van der Waals surface area contributed by atoms with Gasteiger partial charge in [0.15, 0.2) is 11.0 Å². The SMILES string of the molecule is Nc1nc(Cc2nc(C3CCCS3)no2)cs1. The molecular formula is C10H12N4OS2. The molecule has 0 radical (unpaired) electrons. The summed E-state index contributed by atoms with van der Waals surface area (Å²) in [5.74, 6) is 2.64. The molecule has 5 nitrogen and oxygen atoms in total. The van der Waals surface area contributed by atoms with E-state index in [9.17, 15) is 0 Å². The van der Waals surface area contributed by atoms with Crippen LogP contribution in [0.15, 0.2) is 9.90 Å². The van der Waals surface area contributed by atoms with Crippen molar-refractivity contribution in [2.75, 3.05) is 11.5 Å². The highest BCUT2D eigenvalue weighted by Gasteiger charge is 2.23. The number of anilines is 1. The molecule has 3 rings (SSSR count). The number of aromatic nitrogens is 3. The molecule has 0 spiro atoms. The molecule has 2 N–H and O–H groups in total. The Morgan fingerprint density at radius 1 is 1.47 bits per heavy atom. The standard InChI is InChI=1S/C10H12N4OS2/c11-10-12-6(5-17-10)4-8-13-9(14-15-8)7-2-1-3-16-7/h5,7H,1-4H2,(H2,11,12). The van der Waals surface area contributed by atoms with Crippen molar-refractivity contribution in [3.63, 3.8) is 0 Å². The smallest absolute Gasteiger partial charge is 0.232 e. The fraction of sp³-hybridized carbons (Fsp3) is 0.500. The van der Waals surface area contributed by atoms with Crippen LogP contribution in [0.2, 0.25) is 0 Å². The highest BCUT2D eigenvalue weighted by molar-refractivity contribution is 7.99. The van der Waals surface area contributed by atoms with Crippen molar-refractivity contribution < 1.29 is 4.52 Å². The first kappa shape index (κ1) is 11.0. The highest BCUT2D eigenvalue weighted by atomic mass is 32.2. The molecule has 0 bridgehead atoms. The third-order valence-corrected chi connectivity index (χ3v) is 4.70. The van der Waals surface area contributed by atoms with Crippen molar-refractivity contribution in [3.05, 3.63) is 22.8 Å². The zero-order valence-electron chi connectivity index (χ0n) is 9.13. The van der Waals surface area contributed by atoms with E-state index in [1.807, 2.05) is 17.1 Å². The molecular weight excluding hydrogens is 256 g/mol. The van der Waals surface area contributed by atoms with E-state index in [0.717, 1.165) is 17.9 Å². The molecule has 0 amide bonds. The normalized spacial score (nSPS) is 19.9. The monoisotopic (exact) mass is 268 g/mol. The van der Waals surface area contributed by atoms with Crippen LogP contribution in [0, 0.1) is 0 Å². The Hall–Kier alpha value is -1.08. The van der Waals surface area contributed by atoms with Gasteiger partial charge in [0.05, 0.1) is 17.4 Å². The zero-order chi connectivity index (χ0) is 11.7. The van der Waals surface area contributed by atoms with Crippen LogP contribution in [0.3, 0.4) is 0 Å². The van der Waals surface area contributed by atoms with Crippen LogP contribution in [0.1, 0.15) is 35.5 Å². The lowest BCUT2D eigenvalue weighted by Crippen LogP contribution is -1.93. The van der Waals surface area contributed by atoms with E-state index in [1.165, 1.54) is 23.5 Å². The second-order valence-corrected chi connectivity index (χ2v) is 6.10. The summed E-state index contributed by atoms with van der Waals surface area (Å²) in [5, 5.41) is 6.94. The molecule has 90 valence electrons. The van der Waals surface area contributed by atoms with Crippen LogP contribution in [0.25, 0.3) is 0 Å². The van der Waals surface area contributed by atoms with Gasteiger partial charge in [-0.2, -0.15) is 16.7 Å². The first-order chi connectivity index (χ1) is 8.31. The van der Waals surface area contributed by atoms with E-state index < -0.39 is 0 Å².